The Bertz CT molecular complexity index is 414. The van der Waals surface area contributed by atoms with Crippen LogP contribution in [0.5, 0.6) is 0 Å². The zero-order valence-electron chi connectivity index (χ0n) is 9.10. The first kappa shape index (κ1) is 12.4. The molecule has 1 amide bonds. The summed E-state index contributed by atoms with van der Waals surface area (Å²) in [6.45, 7) is 0.799. The number of nitrogens with one attached hydrogen (secondary N) is 1. The number of nitrogens with zero attached hydrogens (tertiary/aromatic N) is 1. The van der Waals surface area contributed by atoms with Crippen molar-refractivity contribution < 1.29 is 9.53 Å². The van der Waals surface area contributed by atoms with Gasteiger partial charge in [-0.25, -0.2) is 0 Å². The van der Waals surface area contributed by atoms with Crippen LogP contribution in [0.2, 0.25) is 0 Å². The molecule has 0 aliphatic rings. The minimum atomic E-state index is -0.294. The lowest BCUT2D eigenvalue weighted by molar-refractivity contribution is -0.114. The fourth-order valence-corrected chi connectivity index (χ4v) is 1.18. The van der Waals surface area contributed by atoms with Crippen LogP contribution in [-0.4, -0.2) is 30.7 Å². The van der Waals surface area contributed by atoms with Gasteiger partial charge in [0.05, 0.1) is 18.8 Å². The van der Waals surface area contributed by atoms with Gasteiger partial charge in [0.15, 0.2) is 0 Å². The number of nitrogens with two attached hydrogens (primary N) is 1. The Hall–Kier alpha value is -1.66. The summed E-state index contributed by atoms with van der Waals surface area (Å²) in [4.78, 5) is 22.4. The van der Waals surface area contributed by atoms with Gasteiger partial charge in [-0.2, -0.15) is 0 Å². The van der Waals surface area contributed by atoms with Gasteiger partial charge in [0.1, 0.15) is 0 Å². The highest BCUT2D eigenvalue weighted by atomic mass is 16.5. The summed E-state index contributed by atoms with van der Waals surface area (Å²) in [6.07, 6.45) is 1.56. The molecule has 0 unspecified atom stereocenters. The van der Waals surface area contributed by atoms with E-state index in [1.54, 1.807) is 19.4 Å². The Balaban J connectivity index is 2.80. The van der Waals surface area contributed by atoms with E-state index in [9.17, 15) is 9.59 Å². The Morgan fingerprint density at radius 3 is 2.94 bits per heavy atom. The van der Waals surface area contributed by atoms with Gasteiger partial charge in [-0.15, -0.1) is 0 Å². The molecule has 0 saturated heterocycles. The molecule has 0 aliphatic carbocycles. The number of amides is 1. The van der Waals surface area contributed by atoms with Gasteiger partial charge in [0.25, 0.3) is 5.56 Å². The second-order valence-corrected chi connectivity index (χ2v) is 3.19. The molecule has 0 bridgehead atoms. The fourth-order valence-electron chi connectivity index (χ4n) is 1.18. The predicted octanol–water partition coefficient (Wildman–Crippen LogP) is -0.608. The minimum absolute atomic E-state index is 0.0861. The first-order valence-corrected chi connectivity index (χ1v) is 4.86. The number of hydrogen-bond acceptors (Lipinski definition) is 4. The summed E-state index contributed by atoms with van der Waals surface area (Å²) < 4.78 is 6.34. The first-order valence-electron chi connectivity index (χ1n) is 4.86. The number of methoxy groups -OCH3 is 1. The van der Waals surface area contributed by atoms with Crippen molar-refractivity contribution in [2.75, 3.05) is 25.6 Å². The number of hydrogen-bond donors (Lipinski definition) is 2. The highest BCUT2D eigenvalue weighted by Crippen LogP contribution is 2.02. The topological polar surface area (TPSA) is 86.3 Å². The van der Waals surface area contributed by atoms with Crippen LogP contribution in [-0.2, 0) is 16.1 Å². The summed E-state index contributed by atoms with van der Waals surface area (Å²) in [5.41, 5.74) is 5.58. The van der Waals surface area contributed by atoms with E-state index >= 15 is 0 Å². The number of carbonyl (C=O) groups is 1. The zero-order chi connectivity index (χ0) is 12.0. The molecule has 0 saturated carbocycles. The standard InChI is InChI=1S/C10H15N3O3/c1-16-5-4-13-7-8(2-3-10(13)15)12-9(14)6-11/h2-3,7H,4-6,11H2,1H3,(H,12,14). The third-order valence-corrected chi connectivity index (χ3v) is 1.99. The van der Waals surface area contributed by atoms with Crippen molar-refractivity contribution in [2.45, 2.75) is 6.54 Å². The lowest BCUT2D eigenvalue weighted by atomic mass is 10.4. The van der Waals surface area contributed by atoms with Crippen molar-refractivity contribution in [1.82, 2.24) is 4.57 Å². The Morgan fingerprint density at radius 2 is 2.31 bits per heavy atom. The molecule has 0 fully saturated rings. The Morgan fingerprint density at radius 1 is 1.56 bits per heavy atom. The Labute approximate surface area is 93.0 Å². The van der Waals surface area contributed by atoms with Crippen LogP contribution in [0.15, 0.2) is 23.1 Å². The van der Waals surface area contributed by atoms with E-state index in [1.165, 1.54) is 10.6 Å². The van der Waals surface area contributed by atoms with Crippen molar-refractivity contribution in [3.63, 3.8) is 0 Å². The number of anilines is 1. The molecule has 3 N–H and O–H groups in total. The molecule has 0 radical (unpaired) electrons. The van der Waals surface area contributed by atoms with Crippen molar-refractivity contribution in [1.29, 1.82) is 0 Å². The van der Waals surface area contributed by atoms with E-state index < -0.39 is 0 Å². The third kappa shape index (κ3) is 3.48. The highest BCUT2D eigenvalue weighted by Gasteiger charge is 2.01. The van der Waals surface area contributed by atoms with Crippen molar-refractivity contribution >= 4 is 11.6 Å². The number of rotatable bonds is 5. The number of aromatic nitrogens is 1. The van der Waals surface area contributed by atoms with Gasteiger partial charge in [-0.1, -0.05) is 0 Å². The Kier molecular flexibility index (Phi) is 4.68. The summed E-state index contributed by atoms with van der Waals surface area (Å²) in [6, 6.07) is 2.93. The molecule has 0 spiro atoms. The molecule has 1 heterocycles. The van der Waals surface area contributed by atoms with Crippen molar-refractivity contribution in [3.8, 4) is 0 Å². The normalized spacial score (nSPS) is 10.1. The summed E-state index contributed by atoms with van der Waals surface area (Å²) >= 11 is 0. The number of pyridine rings is 1. The van der Waals surface area contributed by atoms with E-state index in [-0.39, 0.29) is 18.0 Å². The monoisotopic (exact) mass is 225 g/mol. The molecule has 0 aliphatic heterocycles. The second kappa shape index (κ2) is 6.04. The smallest absolute Gasteiger partial charge is 0.250 e. The molecule has 1 aromatic rings. The van der Waals surface area contributed by atoms with Gasteiger partial charge in [0, 0.05) is 25.9 Å². The largest absolute Gasteiger partial charge is 0.383 e. The molecule has 6 heteroatoms. The average Bonchev–Trinajstić information content (AvgIpc) is 2.29. The number of ether oxygens (including phenoxy) is 1. The van der Waals surface area contributed by atoms with E-state index in [0.29, 0.717) is 18.8 Å². The van der Waals surface area contributed by atoms with Crippen molar-refractivity contribution in [2.24, 2.45) is 5.73 Å². The van der Waals surface area contributed by atoms with Crippen molar-refractivity contribution in [3.05, 3.63) is 28.7 Å². The van der Waals surface area contributed by atoms with Crippen LogP contribution >= 0.6 is 0 Å². The molecule has 0 aromatic carbocycles. The third-order valence-electron chi connectivity index (χ3n) is 1.99. The minimum Gasteiger partial charge on any atom is -0.383 e. The quantitative estimate of drug-likeness (QED) is 0.700. The maximum atomic E-state index is 11.4. The molecule has 1 rings (SSSR count). The van der Waals surface area contributed by atoms with Gasteiger partial charge < -0.3 is 20.4 Å². The molecule has 0 atom stereocenters. The SMILES string of the molecule is COCCn1cc(NC(=O)CN)ccc1=O. The van der Waals surface area contributed by atoms with Crippen LogP contribution in [0.4, 0.5) is 5.69 Å². The average molecular weight is 225 g/mol. The summed E-state index contributed by atoms with van der Waals surface area (Å²) in [5, 5.41) is 2.57. The number of carbonyl (C=O) groups excluding carboxylic acids is 1. The van der Waals surface area contributed by atoms with Crippen LogP contribution in [0.3, 0.4) is 0 Å². The van der Waals surface area contributed by atoms with E-state index in [0.717, 1.165) is 0 Å². The zero-order valence-corrected chi connectivity index (χ0v) is 9.10. The first-order chi connectivity index (χ1) is 7.67. The lowest BCUT2D eigenvalue weighted by Crippen LogP contribution is -2.25. The van der Waals surface area contributed by atoms with Crippen LogP contribution < -0.4 is 16.6 Å². The fraction of sp³-hybridized carbons (Fsp3) is 0.400. The maximum Gasteiger partial charge on any atom is 0.250 e. The maximum absolute atomic E-state index is 11.4. The van der Waals surface area contributed by atoms with Crippen LogP contribution in [0, 0.1) is 0 Å². The predicted molar refractivity (Wildman–Crippen MR) is 60.3 cm³/mol. The van der Waals surface area contributed by atoms with Gasteiger partial charge in [0.2, 0.25) is 5.91 Å². The van der Waals surface area contributed by atoms with E-state index in [4.69, 9.17) is 10.5 Å². The van der Waals surface area contributed by atoms with Crippen LogP contribution in [0.25, 0.3) is 0 Å². The summed E-state index contributed by atoms with van der Waals surface area (Å²) in [7, 11) is 1.56. The molecular weight excluding hydrogens is 210 g/mol. The van der Waals surface area contributed by atoms with Crippen LogP contribution in [0.1, 0.15) is 0 Å². The molecule has 16 heavy (non-hydrogen) atoms. The van der Waals surface area contributed by atoms with E-state index in [1.807, 2.05) is 0 Å². The van der Waals surface area contributed by atoms with Gasteiger partial charge >= 0.3 is 0 Å². The van der Waals surface area contributed by atoms with Gasteiger partial charge in [-0.05, 0) is 6.07 Å². The lowest BCUT2D eigenvalue weighted by Gasteiger charge is -2.08. The summed E-state index contributed by atoms with van der Waals surface area (Å²) in [5.74, 6) is -0.294. The molecule has 1 aromatic heterocycles. The second-order valence-electron chi connectivity index (χ2n) is 3.19. The van der Waals surface area contributed by atoms with Gasteiger partial charge in [-0.3, -0.25) is 9.59 Å². The molecule has 88 valence electrons. The molecular formula is C10H15N3O3. The highest BCUT2D eigenvalue weighted by molar-refractivity contribution is 5.91. The molecule has 6 nitrogen and oxygen atoms in total. The van der Waals surface area contributed by atoms with E-state index in [2.05, 4.69) is 5.32 Å².